The lowest BCUT2D eigenvalue weighted by Gasteiger charge is -2.37. The average Bonchev–Trinajstić information content (AvgIpc) is 3.28. The van der Waals surface area contributed by atoms with E-state index in [2.05, 4.69) is 22.4 Å². The van der Waals surface area contributed by atoms with Gasteiger partial charge >= 0.3 is 0 Å². The molecule has 0 bridgehead atoms. The summed E-state index contributed by atoms with van der Waals surface area (Å²) in [5, 5.41) is 4.88. The molecule has 0 unspecified atom stereocenters. The normalized spacial score (nSPS) is 16.7. The Labute approximate surface area is 251 Å². The van der Waals surface area contributed by atoms with E-state index in [-0.39, 0.29) is 36.8 Å². The Kier molecular flexibility index (Phi) is 11.1. The topological polar surface area (TPSA) is 54.5 Å². The van der Waals surface area contributed by atoms with Gasteiger partial charge in [-0.05, 0) is 69.5 Å². The summed E-state index contributed by atoms with van der Waals surface area (Å²) in [5.74, 6) is 0.761. The first kappa shape index (κ1) is 31.2. The van der Waals surface area contributed by atoms with Crippen LogP contribution in [0.2, 0.25) is 5.02 Å². The molecule has 2 aromatic heterocycles. The molecule has 1 fully saturated rings. The first-order chi connectivity index (χ1) is 18.0. The number of ether oxygens (including phenoxy) is 1. The van der Waals surface area contributed by atoms with Crippen molar-refractivity contribution in [3.05, 3.63) is 82.0 Å². The van der Waals surface area contributed by atoms with Crippen LogP contribution in [-0.4, -0.2) is 42.0 Å². The molecule has 1 amide bonds. The summed E-state index contributed by atoms with van der Waals surface area (Å²) < 4.78 is 6.78. The van der Waals surface area contributed by atoms with Crippen LogP contribution in [0.15, 0.2) is 60.8 Å². The third-order valence-corrected chi connectivity index (χ3v) is 9.06. The van der Waals surface area contributed by atoms with E-state index in [0.29, 0.717) is 22.5 Å². The highest BCUT2D eigenvalue weighted by molar-refractivity contribution is 7.21. The maximum Gasteiger partial charge on any atom is 0.266 e. The summed E-state index contributed by atoms with van der Waals surface area (Å²) in [5.41, 5.74) is 4.04. The van der Waals surface area contributed by atoms with Crippen molar-refractivity contribution in [2.75, 3.05) is 14.2 Å². The lowest BCUT2D eigenvalue weighted by molar-refractivity contribution is 0.0604. The zero-order valence-electron chi connectivity index (χ0n) is 22.3. The minimum absolute atomic E-state index is 0. The van der Waals surface area contributed by atoms with Crippen molar-refractivity contribution in [2.24, 2.45) is 0 Å². The van der Waals surface area contributed by atoms with Crippen molar-refractivity contribution in [3.63, 3.8) is 0 Å². The number of benzene rings is 2. The van der Waals surface area contributed by atoms with Crippen LogP contribution in [0.25, 0.3) is 21.2 Å². The van der Waals surface area contributed by atoms with Crippen LogP contribution in [0.3, 0.4) is 0 Å². The molecule has 0 aliphatic heterocycles. The van der Waals surface area contributed by atoms with Crippen molar-refractivity contribution >= 4 is 63.7 Å². The zero-order chi connectivity index (χ0) is 25.9. The number of carbonyl (C=O) groups is 1. The third kappa shape index (κ3) is 6.69. The number of aromatic nitrogens is 1. The number of rotatable bonds is 7. The second-order valence-corrected chi connectivity index (χ2v) is 11.1. The van der Waals surface area contributed by atoms with Gasteiger partial charge in [0.1, 0.15) is 10.6 Å². The summed E-state index contributed by atoms with van der Waals surface area (Å²) in [7, 11) is 3.69. The lowest BCUT2D eigenvalue weighted by atomic mass is 9.89. The van der Waals surface area contributed by atoms with Gasteiger partial charge < -0.3 is 15.0 Å². The number of aryl methyl sites for hydroxylation is 1. The number of nitrogens with zero attached hydrogens (tertiary/aromatic N) is 2. The molecule has 1 aliphatic rings. The van der Waals surface area contributed by atoms with Crippen LogP contribution in [0, 0.1) is 6.92 Å². The minimum Gasteiger partial charge on any atom is -0.496 e. The summed E-state index contributed by atoms with van der Waals surface area (Å²) in [6.45, 7) is 2.43. The van der Waals surface area contributed by atoms with Gasteiger partial charge in [0.05, 0.1) is 12.1 Å². The van der Waals surface area contributed by atoms with Crippen molar-refractivity contribution in [1.29, 1.82) is 0 Å². The molecule has 1 saturated carbocycles. The SMILES string of the molecule is CNC1CCC(N(Cc2cc(-c3ccc(C)nc3)ccc2OC)C(=O)c2sc3ccccc3c2Cl)CC1.Cl.Cl. The summed E-state index contributed by atoms with van der Waals surface area (Å²) >= 11 is 8.26. The molecule has 0 spiro atoms. The van der Waals surface area contributed by atoms with E-state index in [9.17, 15) is 4.79 Å². The molecular weight excluding hydrogens is 573 g/mol. The zero-order valence-corrected chi connectivity index (χ0v) is 25.5. The van der Waals surface area contributed by atoms with E-state index >= 15 is 0 Å². The van der Waals surface area contributed by atoms with Crippen LogP contribution >= 0.6 is 47.8 Å². The van der Waals surface area contributed by atoms with Crippen molar-refractivity contribution < 1.29 is 9.53 Å². The summed E-state index contributed by atoms with van der Waals surface area (Å²) in [4.78, 5) is 21.3. The summed E-state index contributed by atoms with van der Waals surface area (Å²) in [6, 6.07) is 18.8. The number of halogens is 3. The molecule has 5 rings (SSSR count). The lowest BCUT2D eigenvalue weighted by Crippen LogP contribution is -2.44. The largest absolute Gasteiger partial charge is 0.496 e. The summed E-state index contributed by atoms with van der Waals surface area (Å²) in [6.07, 6.45) is 5.86. The molecule has 0 atom stereocenters. The van der Waals surface area contributed by atoms with Crippen LogP contribution in [0.4, 0.5) is 0 Å². The Hall–Kier alpha value is -2.35. The monoisotopic (exact) mass is 605 g/mol. The maximum atomic E-state index is 14.2. The van der Waals surface area contributed by atoms with Gasteiger partial charge in [0.25, 0.3) is 5.91 Å². The van der Waals surface area contributed by atoms with E-state index in [1.807, 2.05) is 67.5 Å². The number of nitrogens with one attached hydrogen (secondary N) is 1. The molecule has 2 heterocycles. The molecule has 5 nitrogen and oxygen atoms in total. The smallest absolute Gasteiger partial charge is 0.266 e. The van der Waals surface area contributed by atoms with Crippen molar-refractivity contribution in [3.8, 4) is 16.9 Å². The fourth-order valence-electron chi connectivity index (χ4n) is 5.23. The number of hydrogen-bond acceptors (Lipinski definition) is 5. The fourth-order valence-corrected chi connectivity index (χ4v) is 6.70. The molecule has 0 radical (unpaired) electrons. The maximum absolute atomic E-state index is 14.2. The number of methoxy groups -OCH3 is 1. The molecule has 0 saturated heterocycles. The number of thiophene rings is 1. The Bertz CT molecular complexity index is 1400. The predicted octanol–water partition coefficient (Wildman–Crippen LogP) is 7.95. The van der Waals surface area contributed by atoms with Crippen molar-refractivity contribution in [2.45, 2.75) is 51.2 Å². The van der Waals surface area contributed by atoms with E-state index in [1.165, 1.54) is 11.3 Å². The van der Waals surface area contributed by atoms with Gasteiger partial charge in [0.2, 0.25) is 0 Å². The molecule has 39 heavy (non-hydrogen) atoms. The van der Waals surface area contributed by atoms with Gasteiger partial charge in [-0.15, -0.1) is 36.2 Å². The van der Waals surface area contributed by atoms with Crippen LogP contribution in [0.1, 0.15) is 46.6 Å². The van der Waals surface area contributed by atoms with Gasteiger partial charge in [0.15, 0.2) is 0 Å². The van der Waals surface area contributed by atoms with E-state index in [0.717, 1.165) is 63.9 Å². The standard InChI is InChI=1S/C30H32ClN3O2S.2ClH/c1-19-8-9-21(17-33-19)20-10-15-26(36-3)22(16-20)18-34(24-13-11-23(32-2)12-14-24)30(35)29-28(31)25-6-4-5-7-27(25)37-29;;/h4-10,15-17,23-24,32H,11-14,18H2,1-3H3;2*1H. The van der Waals surface area contributed by atoms with E-state index in [4.69, 9.17) is 16.3 Å². The highest BCUT2D eigenvalue weighted by Crippen LogP contribution is 2.38. The Morgan fingerprint density at radius 1 is 1.08 bits per heavy atom. The Morgan fingerprint density at radius 3 is 2.44 bits per heavy atom. The molecule has 1 N–H and O–H groups in total. The first-order valence-electron chi connectivity index (χ1n) is 12.7. The molecule has 9 heteroatoms. The Balaban J connectivity index is 0.00000210. The van der Waals surface area contributed by atoms with Crippen LogP contribution in [0.5, 0.6) is 5.75 Å². The second-order valence-electron chi connectivity index (χ2n) is 9.68. The molecule has 4 aromatic rings. The van der Waals surface area contributed by atoms with Gasteiger partial charge in [-0.1, -0.05) is 41.9 Å². The number of amides is 1. The van der Waals surface area contributed by atoms with E-state index < -0.39 is 0 Å². The quantitative estimate of drug-likeness (QED) is 0.232. The number of carbonyl (C=O) groups excluding carboxylic acids is 1. The highest BCUT2D eigenvalue weighted by atomic mass is 35.5. The number of hydrogen-bond donors (Lipinski definition) is 1. The van der Waals surface area contributed by atoms with Gasteiger partial charge in [-0.25, -0.2) is 0 Å². The second kappa shape index (κ2) is 13.8. The van der Waals surface area contributed by atoms with Gasteiger partial charge in [-0.3, -0.25) is 9.78 Å². The fraction of sp³-hybridized carbons (Fsp3) is 0.333. The number of fused-ring (bicyclic) bond motifs is 1. The number of pyridine rings is 1. The average molecular weight is 607 g/mol. The Morgan fingerprint density at radius 2 is 1.79 bits per heavy atom. The van der Waals surface area contributed by atoms with Crippen LogP contribution in [-0.2, 0) is 6.54 Å². The van der Waals surface area contributed by atoms with Gasteiger partial charge in [-0.2, -0.15) is 0 Å². The molecule has 208 valence electrons. The van der Waals surface area contributed by atoms with Gasteiger partial charge in [0, 0.05) is 51.7 Å². The molecular formula is C30H34Cl3N3O2S. The third-order valence-electron chi connectivity index (χ3n) is 7.40. The minimum atomic E-state index is -0.0106. The first-order valence-corrected chi connectivity index (χ1v) is 13.9. The van der Waals surface area contributed by atoms with Crippen molar-refractivity contribution in [1.82, 2.24) is 15.2 Å². The predicted molar refractivity (Wildman–Crippen MR) is 167 cm³/mol. The highest BCUT2D eigenvalue weighted by Gasteiger charge is 2.32. The van der Waals surface area contributed by atoms with E-state index in [1.54, 1.807) is 7.11 Å². The molecule has 1 aliphatic carbocycles. The van der Waals surface area contributed by atoms with Crippen LogP contribution < -0.4 is 10.1 Å². The molecule has 2 aromatic carbocycles.